The molecule has 1 heterocycles. The maximum Gasteiger partial charge on any atom is 0.122 e. The Kier molecular flexibility index (Phi) is 9.77. The zero-order chi connectivity index (χ0) is 14.5. The Morgan fingerprint density at radius 1 is 1.05 bits per heavy atom. The van der Waals surface area contributed by atoms with Crippen molar-refractivity contribution in [2.45, 2.75) is 6.54 Å². The molecular weight excluding hydrogens is 260 g/mol. The van der Waals surface area contributed by atoms with E-state index in [1.54, 1.807) is 13.3 Å². The summed E-state index contributed by atoms with van der Waals surface area (Å²) in [5, 5.41) is 3.05. The van der Waals surface area contributed by atoms with Crippen LogP contribution in [0.5, 0.6) is 5.75 Å². The average molecular weight is 284 g/mol. The van der Waals surface area contributed by atoms with E-state index in [4.69, 9.17) is 18.9 Å². The second-order valence-electron chi connectivity index (χ2n) is 4.08. The Balaban J connectivity index is 2.02. The average Bonchev–Trinajstić information content (AvgIpc) is 2.46. The van der Waals surface area contributed by atoms with Crippen molar-refractivity contribution in [3.63, 3.8) is 0 Å². The maximum absolute atomic E-state index is 5.58. The summed E-state index contributed by atoms with van der Waals surface area (Å²) in [5.74, 6) is 0.810. The molecule has 114 valence electrons. The van der Waals surface area contributed by atoms with E-state index < -0.39 is 0 Å². The van der Waals surface area contributed by atoms with Gasteiger partial charge in [-0.25, -0.2) is 0 Å². The third-order valence-electron chi connectivity index (χ3n) is 2.45. The van der Waals surface area contributed by atoms with Crippen molar-refractivity contribution < 1.29 is 18.9 Å². The molecule has 0 aliphatic heterocycles. The number of nitrogens with zero attached hydrogens (tertiary/aromatic N) is 1. The van der Waals surface area contributed by atoms with E-state index >= 15 is 0 Å². The summed E-state index contributed by atoms with van der Waals surface area (Å²) in [6.45, 7) is 4.13. The maximum atomic E-state index is 5.58. The van der Waals surface area contributed by atoms with Gasteiger partial charge >= 0.3 is 0 Å². The molecule has 0 amide bonds. The van der Waals surface area contributed by atoms with Crippen molar-refractivity contribution in [1.82, 2.24) is 10.3 Å². The van der Waals surface area contributed by atoms with Gasteiger partial charge in [-0.1, -0.05) is 0 Å². The summed E-state index contributed by atoms with van der Waals surface area (Å²) in [6, 6.07) is 3.76. The van der Waals surface area contributed by atoms with Crippen molar-refractivity contribution in [3.8, 4) is 5.75 Å². The first kappa shape index (κ1) is 16.8. The molecule has 1 aromatic rings. The van der Waals surface area contributed by atoms with Gasteiger partial charge in [0.05, 0.1) is 38.7 Å². The molecule has 1 rings (SSSR count). The Morgan fingerprint density at radius 3 is 2.45 bits per heavy atom. The van der Waals surface area contributed by atoms with Gasteiger partial charge < -0.3 is 24.3 Å². The van der Waals surface area contributed by atoms with E-state index in [1.807, 2.05) is 19.2 Å². The fourth-order valence-corrected chi connectivity index (χ4v) is 1.51. The lowest BCUT2D eigenvalue weighted by Crippen LogP contribution is -2.12. The largest absolute Gasteiger partial charge is 0.491 e. The molecule has 0 aliphatic rings. The number of nitrogens with one attached hydrogen (secondary N) is 1. The Morgan fingerprint density at radius 2 is 1.75 bits per heavy atom. The lowest BCUT2D eigenvalue weighted by Gasteiger charge is -2.08. The number of methoxy groups -OCH3 is 1. The first-order chi connectivity index (χ1) is 9.86. The molecule has 0 spiro atoms. The minimum absolute atomic E-state index is 0.515. The minimum atomic E-state index is 0.515. The Bertz CT molecular complexity index is 350. The van der Waals surface area contributed by atoms with Crippen LogP contribution in [0.1, 0.15) is 5.69 Å². The van der Waals surface area contributed by atoms with Gasteiger partial charge in [0.15, 0.2) is 0 Å². The van der Waals surface area contributed by atoms with Crippen LogP contribution in [0.4, 0.5) is 0 Å². The van der Waals surface area contributed by atoms with E-state index in [2.05, 4.69) is 10.3 Å². The smallest absolute Gasteiger partial charge is 0.122 e. The molecule has 0 atom stereocenters. The number of ether oxygens (including phenoxy) is 4. The monoisotopic (exact) mass is 284 g/mol. The summed E-state index contributed by atoms with van der Waals surface area (Å²) in [6.07, 6.45) is 1.74. The van der Waals surface area contributed by atoms with E-state index in [9.17, 15) is 0 Å². The van der Waals surface area contributed by atoms with E-state index in [-0.39, 0.29) is 0 Å². The lowest BCUT2D eigenvalue weighted by atomic mass is 10.3. The van der Waals surface area contributed by atoms with Crippen molar-refractivity contribution in [3.05, 3.63) is 24.0 Å². The van der Waals surface area contributed by atoms with Gasteiger partial charge in [-0.15, -0.1) is 0 Å². The second kappa shape index (κ2) is 11.6. The SMILES string of the molecule is CNCc1cc(OCCOCCOCCOC)ccn1. The quantitative estimate of drug-likeness (QED) is 0.574. The van der Waals surface area contributed by atoms with Crippen LogP contribution in [0, 0.1) is 0 Å². The molecule has 0 aliphatic carbocycles. The molecule has 0 radical (unpaired) electrons. The zero-order valence-electron chi connectivity index (χ0n) is 12.3. The summed E-state index contributed by atoms with van der Waals surface area (Å²) in [7, 11) is 3.54. The van der Waals surface area contributed by atoms with Gasteiger partial charge in [-0.05, 0) is 13.1 Å². The summed E-state index contributed by atoms with van der Waals surface area (Å²) < 4.78 is 21.1. The lowest BCUT2D eigenvalue weighted by molar-refractivity contribution is 0.0179. The Labute approximate surface area is 120 Å². The van der Waals surface area contributed by atoms with Crippen LogP contribution in [0.15, 0.2) is 18.3 Å². The molecular formula is C14H24N2O4. The highest BCUT2D eigenvalue weighted by Crippen LogP contribution is 2.10. The summed E-state index contributed by atoms with van der Waals surface area (Å²) in [4.78, 5) is 4.22. The van der Waals surface area contributed by atoms with Crippen molar-refractivity contribution in [2.75, 3.05) is 53.8 Å². The van der Waals surface area contributed by atoms with Gasteiger partial charge in [-0.3, -0.25) is 4.98 Å². The van der Waals surface area contributed by atoms with Gasteiger partial charge in [0, 0.05) is 25.9 Å². The molecule has 0 saturated carbocycles. The number of rotatable bonds is 12. The van der Waals surface area contributed by atoms with Crippen molar-refractivity contribution in [1.29, 1.82) is 0 Å². The first-order valence-corrected chi connectivity index (χ1v) is 6.73. The van der Waals surface area contributed by atoms with E-state index in [0.29, 0.717) is 39.6 Å². The van der Waals surface area contributed by atoms with Gasteiger partial charge in [0.25, 0.3) is 0 Å². The molecule has 1 aromatic heterocycles. The van der Waals surface area contributed by atoms with Crippen molar-refractivity contribution >= 4 is 0 Å². The molecule has 0 unspecified atom stereocenters. The summed E-state index contributed by atoms with van der Waals surface area (Å²) >= 11 is 0. The fraction of sp³-hybridized carbons (Fsp3) is 0.643. The zero-order valence-corrected chi connectivity index (χ0v) is 12.3. The van der Waals surface area contributed by atoms with Gasteiger partial charge in [-0.2, -0.15) is 0 Å². The third kappa shape index (κ3) is 8.06. The fourth-order valence-electron chi connectivity index (χ4n) is 1.51. The normalized spacial score (nSPS) is 10.7. The van der Waals surface area contributed by atoms with E-state index in [1.165, 1.54) is 0 Å². The molecule has 6 heteroatoms. The van der Waals surface area contributed by atoms with Crippen LogP contribution in [0.3, 0.4) is 0 Å². The molecule has 0 bridgehead atoms. The van der Waals surface area contributed by atoms with Crippen LogP contribution in [-0.4, -0.2) is 58.8 Å². The van der Waals surface area contributed by atoms with Crippen LogP contribution in [0.25, 0.3) is 0 Å². The number of hydrogen-bond donors (Lipinski definition) is 1. The van der Waals surface area contributed by atoms with Gasteiger partial charge in [0.2, 0.25) is 0 Å². The number of pyridine rings is 1. The van der Waals surface area contributed by atoms with Crippen LogP contribution in [0.2, 0.25) is 0 Å². The van der Waals surface area contributed by atoms with E-state index in [0.717, 1.165) is 18.0 Å². The van der Waals surface area contributed by atoms with Crippen LogP contribution in [-0.2, 0) is 20.8 Å². The second-order valence-corrected chi connectivity index (χ2v) is 4.08. The highest BCUT2D eigenvalue weighted by atomic mass is 16.6. The van der Waals surface area contributed by atoms with Gasteiger partial charge in [0.1, 0.15) is 12.4 Å². The predicted molar refractivity (Wildman–Crippen MR) is 76.0 cm³/mol. The molecule has 0 aromatic carbocycles. The minimum Gasteiger partial charge on any atom is -0.491 e. The predicted octanol–water partition coefficient (Wildman–Crippen LogP) is 0.859. The highest BCUT2D eigenvalue weighted by Gasteiger charge is 1.97. The van der Waals surface area contributed by atoms with Crippen LogP contribution < -0.4 is 10.1 Å². The highest BCUT2D eigenvalue weighted by molar-refractivity contribution is 5.22. The topological polar surface area (TPSA) is 61.8 Å². The van der Waals surface area contributed by atoms with Crippen molar-refractivity contribution in [2.24, 2.45) is 0 Å². The number of hydrogen-bond acceptors (Lipinski definition) is 6. The number of aromatic nitrogens is 1. The summed E-state index contributed by atoms with van der Waals surface area (Å²) in [5.41, 5.74) is 0.956. The first-order valence-electron chi connectivity index (χ1n) is 6.73. The molecule has 20 heavy (non-hydrogen) atoms. The molecule has 1 N–H and O–H groups in total. The molecule has 0 saturated heterocycles. The molecule has 0 fully saturated rings. The molecule has 6 nitrogen and oxygen atoms in total. The Hall–Kier alpha value is -1.21. The standard InChI is InChI=1S/C14H24N2O4/c1-15-12-13-11-14(3-4-16-13)20-10-9-19-8-7-18-6-5-17-2/h3-4,11,15H,5-10,12H2,1-2H3. The third-order valence-corrected chi connectivity index (χ3v) is 2.45. The van der Waals surface area contributed by atoms with Crippen LogP contribution >= 0.6 is 0 Å².